The van der Waals surface area contributed by atoms with Gasteiger partial charge >= 0.3 is 0 Å². The zero-order valence-corrected chi connectivity index (χ0v) is 10.9. The van der Waals surface area contributed by atoms with Crippen molar-refractivity contribution in [1.82, 2.24) is 4.98 Å². The first-order valence-electron chi connectivity index (χ1n) is 6.16. The Balaban J connectivity index is 1.99. The van der Waals surface area contributed by atoms with Crippen molar-refractivity contribution in [3.63, 3.8) is 0 Å². The summed E-state index contributed by atoms with van der Waals surface area (Å²) in [5.74, 6) is 0. The van der Waals surface area contributed by atoms with Crippen molar-refractivity contribution < 1.29 is 5.11 Å². The van der Waals surface area contributed by atoms with E-state index in [1.54, 1.807) is 11.3 Å². The van der Waals surface area contributed by atoms with E-state index in [1.165, 1.54) is 10.1 Å². The van der Waals surface area contributed by atoms with E-state index in [9.17, 15) is 5.11 Å². The molecule has 4 rings (SSSR count). The van der Waals surface area contributed by atoms with Gasteiger partial charge in [-0.05, 0) is 40.1 Å². The molecule has 1 aliphatic rings. The molecule has 1 aromatic carbocycles. The normalized spacial score (nSPS) is 17.5. The summed E-state index contributed by atoms with van der Waals surface area (Å²) in [5, 5.41) is 13.4. The molecule has 0 fully saturated rings. The molecular weight excluding hydrogens is 254 g/mol. The summed E-state index contributed by atoms with van der Waals surface area (Å²) in [7, 11) is 0. The predicted octanol–water partition coefficient (Wildman–Crippen LogP) is 3.78. The highest BCUT2D eigenvalue weighted by molar-refractivity contribution is 7.17. The molecule has 1 atom stereocenters. The highest BCUT2D eigenvalue weighted by atomic mass is 32.1. The van der Waals surface area contributed by atoms with Crippen LogP contribution in [0.1, 0.15) is 22.9 Å². The van der Waals surface area contributed by atoms with E-state index in [4.69, 9.17) is 0 Å². The number of pyridine rings is 1. The van der Waals surface area contributed by atoms with Gasteiger partial charge in [-0.25, -0.2) is 0 Å². The van der Waals surface area contributed by atoms with Crippen molar-refractivity contribution in [3.05, 3.63) is 70.9 Å². The van der Waals surface area contributed by atoms with Gasteiger partial charge in [0, 0.05) is 11.8 Å². The van der Waals surface area contributed by atoms with E-state index in [2.05, 4.69) is 16.4 Å². The zero-order valence-electron chi connectivity index (χ0n) is 10.1. The van der Waals surface area contributed by atoms with Gasteiger partial charge in [0.15, 0.2) is 0 Å². The lowest BCUT2D eigenvalue weighted by molar-refractivity contribution is 0.232. The molecular formula is C16H11NOS. The van der Waals surface area contributed by atoms with Crippen LogP contribution in [0.2, 0.25) is 0 Å². The summed E-state index contributed by atoms with van der Waals surface area (Å²) in [6.07, 6.45) is 3.20. The van der Waals surface area contributed by atoms with Gasteiger partial charge in [-0.1, -0.05) is 24.3 Å². The Bertz CT molecular complexity index is 803. The largest absolute Gasteiger partial charge is 0.384 e. The first kappa shape index (κ1) is 10.9. The molecule has 1 unspecified atom stereocenters. The summed E-state index contributed by atoms with van der Waals surface area (Å²) in [4.78, 5) is 4.53. The minimum Gasteiger partial charge on any atom is -0.384 e. The van der Waals surface area contributed by atoms with Crippen LogP contribution < -0.4 is 0 Å². The summed E-state index contributed by atoms with van der Waals surface area (Å²) < 4.78 is 1.18. The Kier molecular flexibility index (Phi) is 2.31. The van der Waals surface area contributed by atoms with Crippen molar-refractivity contribution in [1.29, 1.82) is 0 Å². The number of rotatable bonds is 1. The number of fused-ring (bicyclic) bond motifs is 2. The molecule has 2 aromatic heterocycles. The number of hydrogen-bond donors (Lipinski definition) is 1. The fourth-order valence-corrected chi connectivity index (χ4v) is 3.53. The lowest BCUT2D eigenvalue weighted by Crippen LogP contribution is -1.91. The first-order valence-corrected chi connectivity index (χ1v) is 7.04. The van der Waals surface area contributed by atoms with Crippen LogP contribution in [0.15, 0.2) is 54.1 Å². The van der Waals surface area contributed by atoms with Crippen LogP contribution in [0.5, 0.6) is 0 Å². The maximum absolute atomic E-state index is 10.1. The molecule has 0 bridgehead atoms. The van der Waals surface area contributed by atoms with E-state index >= 15 is 0 Å². The third-order valence-corrected chi connectivity index (χ3v) is 4.45. The predicted molar refractivity (Wildman–Crippen MR) is 78.1 cm³/mol. The molecule has 0 saturated heterocycles. The van der Waals surface area contributed by atoms with Crippen LogP contribution in [0, 0.1) is 0 Å². The molecule has 2 heterocycles. The lowest BCUT2D eigenvalue weighted by atomic mass is 10.0. The highest BCUT2D eigenvalue weighted by Crippen LogP contribution is 2.40. The van der Waals surface area contributed by atoms with Crippen LogP contribution >= 0.6 is 11.3 Å². The fourth-order valence-electron chi connectivity index (χ4n) is 2.63. The molecule has 0 spiro atoms. The summed E-state index contributed by atoms with van der Waals surface area (Å²) in [6.45, 7) is 0. The molecule has 0 amide bonds. The van der Waals surface area contributed by atoms with E-state index < -0.39 is 6.10 Å². The first-order chi connectivity index (χ1) is 9.34. The minimum atomic E-state index is -0.525. The Labute approximate surface area is 114 Å². The van der Waals surface area contributed by atoms with Crippen LogP contribution in [0.3, 0.4) is 0 Å². The Morgan fingerprint density at radius 2 is 2.00 bits per heavy atom. The summed E-state index contributed by atoms with van der Waals surface area (Å²) in [6, 6.07) is 12.1. The van der Waals surface area contributed by atoms with Gasteiger partial charge in [-0.15, -0.1) is 11.3 Å². The maximum atomic E-state index is 10.1. The average Bonchev–Trinajstić information content (AvgIpc) is 3.04. The minimum absolute atomic E-state index is 0.525. The van der Waals surface area contributed by atoms with Gasteiger partial charge < -0.3 is 5.11 Å². The molecule has 0 saturated carbocycles. The number of aromatic nitrogens is 1. The van der Waals surface area contributed by atoms with Gasteiger partial charge in [0.2, 0.25) is 0 Å². The number of nitrogens with zero attached hydrogens (tertiary/aromatic N) is 1. The monoisotopic (exact) mass is 265 g/mol. The molecule has 1 aliphatic carbocycles. The number of benzene rings is 1. The second-order valence-electron chi connectivity index (χ2n) is 4.61. The Hall–Kier alpha value is -1.97. The zero-order chi connectivity index (χ0) is 12.8. The molecule has 92 valence electrons. The number of thiophene rings is 1. The molecule has 0 radical (unpaired) electrons. The fraction of sp³-hybridized carbons (Fsp3) is 0.0625. The van der Waals surface area contributed by atoms with E-state index in [0.29, 0.717) is 0 Å². The van der Waals surface area contributed by atoms with Crippen LogP contribution in [-0.4, -0.2) is 10.1 Å². The van der Waals surface area contributed by atoms with Crippen LogP contribution in [0.4, 0.5) is 0 Å². The average molecular weight is 265 g/mol. The van der Waals surface area contributed by atoms with Crippen molar-refractivity contribution in [2.45, 2.75) is 6.10 Å². The SMILES string of the molecule is OC1C=C(c2nccc3ccsc23)c2ccccc21. The molecule has 1 N–H and O–H groups in total. The molecule has 3 aromatic rings. The third-order valence-electron chi connectivity index (χ3n) is 3.52. The second kappa shape index (κ2) is 4.02. The third kappa shape index (κ3) is 1.56. The molecule has 19 heavy (non-hydrogen) atoms. The quantitative estimate of drug-likeness (QED) is 0.726. The Morgan fingerprint density at radius 3 is 2.95 bits per heavy atom. The summed E-state index contributed by atoms with van der Waals surface area (Å²) >= 11 is 1.69. The van der Waals surface area contributed by atoms with Crippen molar-refractivity contribution >= 4 is 27.0 Å². The van der Waals surface area contributed by atoms with Crippen molar-refractivity contribution in [2.75, 3.05) is 0 Å². The Morgan fingerprint density at radius 1 is 1.11 bits per heavy atom. The topological polar surface area (TPSA) is 33.1 Å². The van der Waals surface area contributed by atoms with Gasteiger partial charge in [0.05, 0.1) is 16.5 Å². The second-order valence-corrected chi connectivity index (χ2v) is 5.53. The van der Waals surface area contributed by atoms with Crippen molar-refractivity contribution in [3.8, 4) is 0 Å². The van der Waals surface area contributed by atoms with Crippen LogP contribution in [-0.2, 0) is 0 Å². The number of aliphatic hydroxyl groups excluding tert-OH is 1. The van der Waals surface area contributed by atoms with E-state index in [1.807, 2.05) is 42.6 Å². The van der Waals surface area contributed by atoms with E-state index in [-0.39, 0.29) is 0 Å². The lowest BCUT2D eigenvalue weighted by Gasteiger charge is -2.06. The van der Waals surface area contributed by atoms with Gasteiger partial charge in [-0.3, -0.25) is 4.98 Å². The molecule has 3 heteroatoms. The smallest absolute Gasteiger partial charge is 0.0987 e. The van der Waals surface area contributed by atoms with Gasteiger partial charge in [-0.2, -0.15) is 0 Å². The molecule has 2 nitrogen and oxygen atoms in total. The van der Waals surface area contributed by atoms with Gasteiger partial charge in [0.1, 0.15) is 0 Å². The summed E-state index contributed by atoms with van der Waals surface area (Å²) in [5.41, 5.74) is 4.06. The molecule has 0 aliphatic heterocycles. The van der Waals surface area contributed by atoms with Crippen LogP contribution in [0.25, 0.3) is 15.7 Å². The van der Waals surface area contributed by atoms with Gasteiger partial charge in [0.25, 0.3) is 0 Å². The van der Waals surface area contributed by atoms with Crippen molar-refractivity contribution in [2.24, 2.45) is 0 Å². The maximum Gasteiger partial charge on any atom is 0.0987 e. The standard InChI is InChI=1S/C16H11NOS/c18-14-9-13(11-3-1-2-4-12(11)14)15-16-10(5-7-17-15)6-8-19-16/h1-9,14,18H. The highest BCUT2D eigenvalue weighted by Gasteiger charge is 2.24. The number of aliphatic hydroxyl groups is 1. The van der Waals surface area contributed by atoms with E-state index in [0.717, 1.165) is 22.4 Å². The number of hydrogen-bond acceptors (Lipinski definition) is 3.